The Morgan fingerprint density at radius 3 is 2.11 bits per heavy atom. The minimum absolute atomic E-state index is 0.511. The maximum atomic E-state index is 5.10. The molecule has 0 aliphatic rings. The van der Waals surface area contributed by atoms with E-state index >= 15 is 0 Å². The summed E-state index contributed by atoms with van der Waals surface area (Å²) in [4.78, 5) is 8.45. The summed E-state index contributed by atoms with van der Waals surface area (Å²) in [5.41, 5.74) is 0. The molecule has 0 radical (unpaired) electrons. The van der Waals surface area contributed by atoms with Crippen LogP contribution in [0.3, 0.4) is 0 Å². The summed E-state index contributed by atoms with van der Waals surface area (Å²) >= 11 is 0. The zero-order valence-electron chi connectivity index (χ0n) is 12.2. The van der Waals surface area contributed by atoms with Gasteiger partial charge in [-0.25, -0.2) is 0 Å². The molecule has 0 unspecified atom stereocenters. The van der Waals surface area contributed by atoms with Crippen LogP contribution in [0, 0.1) is 0 Å². The predicted octanol–water partition coefficient (Wildman–Crippen LogP) is 3.27. The van der Waals surface area contributed by atoms with Gasteiger partial charge in [-0.2, -0.15) is 9.97 Å². The van der Waals surface area contributed by atoms with Gasteiger partial charge < -0.3 is 14.8 Å². The van der Waals surface area contributed by atoms with Crippen molar-refractivity contribution < 1.29 is 9.47 Å². The third kappa shape index (κ3) is 6.27. The second-order valence-corrected chi connectivity index (χ2v) is 4.47. The summed E-state index contributed by atoms with van der Waals surface area (Å²) in [6.45, 7) is 3.11. The zero-order valence-corrected chi connectivity index (χ0v) is 12.2. The number of aromatic nitrogens is 2. The number of unbranched alkanes of at least 4 members (excludes halogenated alkanes) is 5. The molecule has 0 spiro atoms. The highest BCUT2D eigenvalue weighted by atomic mass is 16.5. The third-order valence-electron chi connectivity index (χ3n) is 2.91. The van der Waals surface area contributed by atoms with E-state index in [0.717, 1.165) is 13.0 Å². The highest BCUT2D eigenvalue weighted by molar-refractivity contribution is 5.33. The lowest BCUT2D eigenvalue weighted by atomic mass is 10.1. The van der Waals surface area contributed by atoms with Crippen molar-refractivity contribution in [1.82, 2.24) is 9.97 Å². The Bertz CT molecular complexity index is 336. The maximum absolute atomic E-state index is 5.10. The van der Waals surface area contributed by atoms with Gasteiger partial charge in [0.25, 0.3) is 0 Å². The predicted molar refractivity (Wildman–Crippen MR) is 77.0 cm³/mol. The fourth-order valence-corrected chi connectivity index (χ4v) is 1.80. The van der Waals surface area contributed by atoms with Crippen LogP contribution in [0.15, 0.2) is 6.07 Å². The van der Waals surface area contributed by atoms with Crippen LogP contribution in [-0.2, 0) is 0 Å². The SMILES string of the molecule is CCCCCCCCNc1nc(OC)cc(OC)n1. The molecule has 0 bridgehead atoms. The Balaban J connectivity index is 2.28. The van der Waals surface area contributed by atoms with Gasteiger partial charge in [-0.3, -0.25) is 0 Å². The van der Waals surface area contributed by atoms with Crippen molar-refractivity contribution in [2.45, 2.75) is 45.4 Å². The first-order chi connectivity index (χ1) is 9.30. The van der Waals surface area contributed by atoms with Crippen molar-refractivity contribution in [2.24, 2.45) is 0 Å². The van der Waals surface area contributed by atoms with Gasteiger partial charge in [-0.05, 0) is 6.42 Å². The Morgan fingerprint density at radius 1 is 0.947 bits per heavy atom. The number of rotatable bonds is 10. The molecule has 0 saturated heterocycles. The van der Waals surface area contributed by atoms with Gasteiger partial charge in [0.2, 0.25) is 17.7 Å². The van der Waals surface area contributed by atoms with E-state index in [9.17, 15) is 0 Å². The van der Waals surface area contributed by atoms with Crippen molar-refractivity contribution in [3.05, 3.63) is 6.07 Å². The van der Waals surface area contributed by atoms with Gasteiger partial charge >= 0.3 is 0 Å². The fourth-order valence-electron chi connectivity index (χ4n) is 1.80. The van der Waals surface area contributed by atoms with Gasteiger partial charge in [0.1, 0.15) is 0 Å². The molecule has 5 nitrogen and oxygen atoms in total. The molecule has 108 valence electrons. The lowest BCUT2D eigenvalue weighted by Crippen LogP contribution is -2.07. The molecule has 0 saturated carbocycles. The van der Waals surface area contributed by atoms with Crippen LogP contribution in [0.2, 0.25) is 0 Å². The van der Waals surface area contributed by atoms with Gasteiger partial charge in [0.15, 0.2) is 0 Å². The summed E-state index contributed by atoms with van der Waals surface area (Å²) in [7, 11) is 3.17. The second kappa shape index (κ2) is 9.42. The second-order valence-electron chi connectivity index (χ2n) is 4.47. The van der Waals surface area contributed by atoms with Gasteiger partial charge in [0.05, 0.1) is 20.3 Å². The van der Waals surface area contributed by atoms with Crippen LogP contribution in [0.25, 0.3) is 0 Å². The molecular weight excluding hydrogens is 242 g/mol. The van der Waals surface area contributed by atoms with Crippen LogP contribution in [0.4, 0.5) is 5.95 Å². The first kappa shape index (κ1) is 15.5. The van der Waals surface area contributed by atoms with E-state index in [1.807, 2.05) is 0 Å². The number of hydrogen-bond donors (Lipinski definition) is 1. The molecule has 1 rings (SSSR count). The van der Waals surface area contributed by atoms with Crippen LogP contribution >= 0.6 is 0 Å². The quantitative estimate of drug-likeness (QED) is 0.659. The molecule has 19 heavy (non-hydrogen) atoms. The average molecular weight is 267 g/mol. The molecule has 0 amide bonds. The Labute approximate surface area is 115 Å². The topological polar surface area (TPSA) is 56.3 Å². The van der Waals surface area contributed by atoms with E-state index in [1.54, 1.807) is 20.3 Å². The summed E-state index contributed by atoms with van der Waals surface area (Å²) in [5.74, 6) is 1.58. The minimum atomic E-state index is 0.511. The van der Waals surface area contributed by atoms with Crippen LogP contribution < -0.4 is 14.8 Å². The van der Waals surface area contributed by atoms with Crippen LogP contribution in [-0.4, -0.2) is 30.7 Å². The average Bonchev–Trinajstić information content (AvgIpc) is 2.45. The van der Waals surface area contributed by atoms with Crippen molar-refractivity contribution >= 4 is 5.95 Å². The summed E-state index contributed by atoms with van der Waals surface area (Å²) in [6, 6.07) is 1.66. The normalized spacial score (nSPS) is 10.3. The first-order valence-electron chi connectivity index (χ1n) is 7.01. The van der Waals surface area contributed by atoms with Crippen LogP contribution in [0.1, 0.15) is 45.4 Å². The summed E-state index contributed by atoms with van der Waals surface area (Å²) < 4.78 is 10.2. The van der Waals surface area contributed by atoms with E-state index < -0.39 is 0 Å². The number of nitrogens with one attached hydrogen (secondary N) is 1. The van der Waals surface area contributed by atoms with E-state index in [1.165, 1.54) is 32.1 Å². The number of methoxy groups -OCH3 is 2. The molecule has 0 atom stereocenters. The third-order valence-corrected chi connectivity index (χ3v) is 2.91. The Hall–Kier alpha value is -1.52. The lowest BCUT2D eigenvalue weighted by Gasteiger charge is -2.08. The van der Waals surface area contributed by atoms with Crippen molar-refractivity contribution in [3.63, 3.8) is 0 Å². The van der Waals surface area contributed by atoms with E-state index in [0.29, 0.717) is 17.7 Å². The molecule has 0 aromatic carbocycles. The molecule has 1 aromatic rings. The molecule has 0 fully saturated rings. The largest absolute Gasteiger partial charge is 0.481 e. The standard InChI is InChI=1S/C14H25N3O2/c1-4-5-6-7-8-9-10-15-14-16-12(18-2)11-13(17-14)19-3/h11H,4-10H2,1-3H3,(H,15,16,17). The van der Waals surface area contributed by atoms with Gasteiger partial charge in [0, 0.05) is 6.54 Å². The lowest BCUT2D eigenvalue weighted by molar-refractivity contribution is 0.373. The molecule has 5 heteroatoms. The number of ether oxygens (including phenoxy) is 2. The fraction of sp³-hybridized carbons (Fsp3) is 0.714. The van der Waals surface area contributed by atoms with Crippen LogP contribution in [0.5, 0.6) is 11.8 Å². The number of nitrogens with zero attached hydrogens (tertiary/aromatic N) is 2. The molecule has 1 aromatic heterocycles. The van der Waals surface area contributed by atoms with Gasteiger partial charge in [-0.1, -0.05) is 39.0 Å². The van der Waals surface area contributed by atoms with E-state index in [2.05, 4.69) is 22.2 Å². The molecule has 1 N–H and O–H groups in total. The number of hydrogen-bond acceptors (Lipinski definition) is 5. The van der Waals surface area contributed by atoms with E-state index in [4.69, 9.17) is 9.47 Å². The van der Waals surface area contributed by atoms with Crippen molar-refractivity contribution in [2.75, 3.05) is 26.1 Å². The van der Waals surface area contributed by atoms with E-state index in [-0.39, 0.29) is 0 Å². The minimum Gasteiger partial charge on any atom is -0.481 e. The molecule has 0 aliphatic carbocycles. The molecule has 0 aliphatic heterocycles. The van der Waals surface area contributed by atoms with Gasteiger partial charge in [-0.15, -0.1) is 0 Å². The monoisotopic (exact) mass is 267 g/mol. The Kier molecular flexibility index (Phi) is 7.70. The summed E-state index contributed by atoms with van der Waals surface area (Å²) in [6.07, 6.45) is 7.64. The van der Waals surface area contributed by atoms with Crippen molar-refractivity contribution in [1.29, 1.82) is 0 Å². The van der Waals surface area contributed by atoms with Crippen molar-refractivity contribution in [3.8, 4) is 11.8 Å². The smallest absolute Gasteiger partial charge is 0.229 e. The highest BCUT2D eigenvalue weighted by Gasteiger charge is 2.04. The summed E-state index contributed by atoms with van der Waals surface area (Å²) in [5, 5.41) is 3.20. The zero-order chi connectivity index (χ0) is 13.9. The Morgan fingerprint density at radius 2 is 1.53 bits per heavy atom. The number of anilines is 1. The maximum Gasteiger partial charge on any atom is 0.229 e. The molecule has 1 heterocycles. The molecular formula is C14H25N3O2. The first-order valence-corrected chi connectivity index (χ1v) is 7.01. The highest BCUT2D eigenvalue weighted by Crippen LogP contribution is 2.17.